The summed E-state index contributed by atoms with van der Waals surface area (Å²) in [6, 6.07) is 11.9. The highest BCUT2D eigenvalue weighted by atomic mass is 19.1. The largest absolute Gasteiger partial charge is 0.491 e. The summed E-state index contributed by atoms with van der Waals surface area (Å²) in [5, 5.41) is 2.77. The van der Waals surface area contributed by atoms with Crippen molar-refractivity contribution in [3.63, 3.8) is 0 Å². The van der Waals surface area contributed by atoms with Crippen LogP contribution in [0.25, 0.3) is 0 Å². The molecule has 1 fully saturated rings. The number of nitrogens with zero attached hydrogens (tertiary/aromatic N) is 1. The third-order valence-electron chi connectivity index (χ3n) is 4.91. The Hall–Kier alpha value is -2.56. The first-order valence-corrected chi connectivity index (χ1v) is 9.69. The smallest absolute Gasteiger partial charge is 0.255 e. The first-order valence-electron chi connectivity index (χ1n) is 9.69. The summed E-state index contributed by atoms with van der Waals surface area (Å²) < 4.78 is 20.3. The number of hydrogen-bond donors (Lipinski definition) is 1. The third-order valence-corrected chi connectivity index (χ3v) is 4.91. The minimum Gasteiger partial charge on any atom is -0.491 e. The standard InChI is InChI=1S/C22H27FN2O2/c1-3-16(2)27-19-9-7-8-17(14-19)22(26)24-18-10-11-21(20(23)15-18)25-12-5-4-6-13-25/h7-11,14-16H,3-6,12-13H2,1-2H3,(H,24,26)/t16-/m1/s1. The van der Waals surface area contributed by atoms with Gasteiger partial charge in [0.25, 0.3) is 5.91 Å². The van der Waals surface area contributed by atoms with Gasteiger partial charge in [-0.15, -0.1) is 0 Å². The molecule has 4 nitrogen and oxygen atoms in total. The van der Waals surface area contributed by atoms with Gasteiger partial charge in [0, 0.05) is 24.3 Å². The molecule has 2 aromatic carbocycles. The number of hydrogen-bond acceptors (Lipinski definition) is 3. The van der Waals surface area contributed by atoms with Crippen LogP contribution in [0.3, 0.4) is 0 Å². The average Bonchev–Trinajstić information content (AvgIpc) is 2.69. The van der Waals surface area contributed by atoms with E-state index in [1.54, 1.807) is 30.3 Å². The van der Waals surface area contributed by atoms with Crippen LogP contribution in [0.15, 0.2) is 42.5 Å². The number of halogens is 1. The fourth-order valence-corrected chi connectivity index (χ4v) is 3.21. The fourth-order valence-electron chi connectivity index (χ4n) is 3.21. The molecule has 3 rings (SSSR count). The lowest BCUT2D eigenvalue weighted by Crippen LogP contribution is -2.30. The summed E-state index contributed by atoms with van der Waals surface area (Å²) in [4.78, 5) is 14.6. The van der Waals surface area contributed by atoms with Gasteiger partial charge >= 0.3 is 0 Å². The number of carbonyl (C=O) groups excluding carboxylic acids is 1. The molecule has 1 heterocycles. The highest BCUT2D eigenvalue weighted by molar-refractivity contribution is 6.04. The number of carbonyl (C=O) groups is 1. The molecule has 27 heavy (non-hydrogen) atoms. The maximum absolute atomic E-state index is 14.5. The van der Waals surface area contributed by atoms with E-state index in [2.05, 4.69) is 10.2 Å². The molecule has 5 heteroatoms. The molecule has 1 atom stereocenters. The van der Waals surface area contributed by atoms with Gasteiger partial charge in [-0.3, -0.25) is 4.79 Å². The summed E-state index contributed by atoms with van der Waals surface area (Å²) in [5.41, 5.74) is 1.54. The van der Waals surface area contributed by atoms with Crippen LogP contribution in [0.2, 0.25) is 0 Å². The summed E-state index contributed by atoms with van der Waals surface area (Å²) in [6.07, 6.45) is 4.35. The van der Waals surface area contributed by atoms with E-state index in [9.17, 15) is 9.18 Å². The Labute approximate surface area is 160 Å². The van der Waals surface area contributed by atoms with Crippen molar-refractivity contribution in [1.29, 1.82) is 0 Å². The van der Waals surface area contributed by atoms with Gasteiger partial charge in [0.2, 0.25) is 0 Å². The maximum atomic E-state index is 14.5. The van der Waals surface area contributed by atoms with Crippen LogP contribution >= 0.6 is 0 Å². The molecule has 1 aliphatic heterocycles. The molecule has 0 bridgehead atoms. The zero-order valence-electron chi connectivity index (χ0n) is 16.0. The number of rotatable bonds is 6. The van der Waals surface area contributed by atoms with Crippen molar-refractivity contribution in [3.05, 3.63) is 53.8 Å². The Morgan fingerprint density at radius 3 is 2.67 bits per heavy atom. The Kier molecular flexibility index (Phi) is 6.32. The number of benzene rings is 2. The normalized spacial score (nSPS) is 15.3. The van der Waals surface area contributed by atoms with Crippen LogP contribution in [0.1, 0.15) is 49.9 Å². The number of amides is 1. The molecule has 1 amide bonds. The second-order valence-corrected chi connectivity index (χ2v) is 7.03. The lowest BCUT2D eigenvalue weighted by Gasteiger charge is -2.29. The maximum Gasteiger partial charge on any atom is 0.255 e. The number of ether oxygens (including phenoxy) is 1. The van der Waals surface area contributed by atoms with Gasteiger partial charge in [-0.25, -0.2) is 4.39 Å². The van der Waals surface area contributed by atoms with Crippen LogP contribution < -0.4 is 15.0 Å². The van der Waals surface area contributed by atoms with Crippen molar-refractivity contribution in [3.8, 4) is 5.75 Å². The Morgan fingerprint density at radius 1 is 1.19 bits per heavy atom. The van der Waals surface area contributed by atoms with Gasteiger partial charge in [-0.2, -0.15) is 0 Å². The molecule has 1 saturated heterocycles. The van der Waals surface area contributed by atoms with E-state index in [0.29, 0.717) is 22.7 Å². The van der Waals surface area contributed by atoms with Crippen LogP contribution in [0.4, 0.5) is 15.8 Å². The molecule has 0 aromatic heterocycles. The SMILES string of the molecule is CC[C@@H](C)Oc1cccc(C(=O)Nc2ccc(N3CCCCC3)c(F)c2)c1. The summed E-state index contributed by atoms with van der Waals surface area (Å²) in [6.45, 7) is 5.79. The molecule has 144 valence electrons. The number of piperidine rings is 1. The zero-order valence-corrected chi connectivity index (χ0v) is 16.0. The zero-order chi connectivity index (χ0) is 19.2. The summed E-state index contributed by atoms with van der Waals surface area (Å²) in [5.74, 6) is 0.0712. The van der Waals surface area contributed by atoms with E-state index in [1.165, 1.54) is 12.5 Å². The van der Waals surface area contributed by atoms with Gasteiger partial charge in [0.15, 0.2) is 0 Å². The van der Waals surface area contributed by atoms with Gasteiger partial charge < -0.3 is 15.0 Å². The van der Waals surface area contributed by atoms with Gasteiger partial charge in [0.1, 0.15) is 11.6 Å². The Bertz CT molecular complexity index is 788. The van der Waals surface area contributed by atoms with Crippen LogP contribution in [-0.4, -0.2) is 25.1 Å². The predicted molar refractivity (Wildman–Crippen MR) is 107 cm³/mol. The van der Waals surface area contributed by atoms with E-state index in [0.717, 1.165) is 32.4 Å². The van der Waals surface area contributed by atoms with Crippen LogP contribution in [0, 0.1) is 5.82 Å². The lowest BCUT2D eigenvalue weighted by atomic mass is 10.1. The Balaban J connectivity index is 1.69. The second kappa shape index (κ2) is 8.89. The van der Waals surface area contributed by atoms with Crippen molar-refractivity contribution in [2.24, 2.45) is 0 Å². The molecular weight excluding hydrogens is 343 g/mol. The summed E-state index contributed by atoms with van der Waals surface area (Å²) in [7, 11) is 0. The monoisotopic (exact) mass is 370 g/mol. The molecule has 1 N–H and O–H groups in total. The van der Waals surface area contributed by atoms with Crippen LogP contribution in [-0.2, 0) is 0 Å². The predicted octanol–water partition coefficient (Wildman–Crippen LogP) is 5.25. The van der Waals surface area contributed by atoms with Crippen molar-refractivity contribution in [2.75, 3.05) is 23.3 Å². The molecule has 1 aliphatic rings. The highest BCUT2D eigenvalue weighted by Gasteiger charge is 2.16. The minimum absolute atomic E-state index is 0.0831. The van der Waals surface area contributed by atoms with Gasteiger partial charge in [-0.1, -0.05) is 13.0 Å². The molecule has 0 radical (unpaired) electrons. The highest BCUT2D eigenvalue weighted by Crippen LogP contribution is 2.26. The third kappa shape index (κ3) is 5.00. The molecular formula is C22H27FN2O2. The first kappa shape index (κ1) is 19.2. The van der Waals surface area contributed by atoms with E-state index in [1.807, 2.05) is 19.9 Å². The van der Waals surface area contributed by atoms with Gasteiger partial charge in [-0.05, 0) is 69.0 Å². The molecule has 0 spiro atoms. The van der Waals surface area contributed by atoms with Crippen molar-refractivity contribution in [2.45, 2.75) is 45.6 Å². The van der Waals surface area contributed by atoms with Crippen molar-refractivity contribution < 1.29 is 13.9 Å². The van der Waals surface area contributed by atoms with Crippen LogP contribution in [0.5, 0.6) is 5.75 Å². The van der Waals surface area contributed by atoms with E-state index >= 15 is 0 Å². The molecule has 2 aromatic rings. The number of nitrogens with one attached hydrogen (secondary N) is 1. The van der Waals surface area contributed by atoms with Gasteiger partial charge in [0.05, 0.1) is 11.8 Å². The summed E-state index contributed by atoms with van der Waals surface area (Å²) >= 11 is 0. The average molecular weight is 370 g/mol. The molecule has 0 saturated carbocycles. The Morgan fingerprint density at radius 2 is 1.96 bits per heavy atom. The second-order valence-electron chi connectivity index (χ2n) is 7.03. The molecule has 0 unspecified atom stereocenters. The van der Waals surface area contributed by atoms with E-state index < -0.39 is 0 Å². The first-order chi connectivity index (χ1) is 13.1. The fraction of sp³-hybridized carbons (Fsp3) is 0.409. The topological polar surface area (TPSA) is 41.6 Å². The van der Waals surface area contributed by atoms with E-state index in [4.69, 9.17) is 4.74 Å². The minimum atomic E-state index is -0.302. The lowest BCUT2D eigenvalue weighted by molar-refractivity contribution is 0.102. The molecule has 0 aliphatic carbocycles. The van der Waals surface area contributed by atoms with Crippen molar-refractivity contribution >= 4 is 17.3 Å². The van der Waals surface area contributed by atoms with E-state index in [-0.39, 0.29) is 17.8 Å². The quantitative estimate of drug-likeness (QED) is 0.755. The number of anilines is 2. The van der Waals surface area contributed by atoms with Crippen molar-refractivity contribution in [1.82, 2.24) is 0 Å².